The van der Waals surface area contributed by atoms with Crippen molar-refractivity contribution in [2.75, 3.05) is 13.1 Å². The molecular weight excluding hydrogens is 298 g/mol. The quantitative estimate of drug-likeness (QED) is 0.463. The maximum absolute atomic E-state index is 11.9. The van der Waals surface area contributed by atoms with Crippen LogP contribution < -0.4 is 5.32 Å². The summed E-state index contributed by atoms with van der Waals surface area (Å²) in [7, 11) is 0. The molecular formula is C16H13N3O4. The Hall–Kier alpha value is -3.40. The molecule has 0 saturated carbocycles. The van der Waals surface area contributed by atoms with E-state index in [1.165, 1.54) is 18.2 Å². The van der Waals surface area contributed by atoms with Crippen LogP contribution in [0.4, 0.5) is 0 Å². The minimum atomic E-state index is -0.604. The van der Waals surface area contributed by atoms with Gasteiger partial charge in [-0.15, -0.1) is 0 Å². The van der Waals surface area contributed by atoms with Crippen LogP contribution in [0.15, 0.2) is 42.0 Å². The van der Waals surface area contributed by atoms with Crippen molar-refractivity contribution in [1.29, 1.82) is 5.26 Å². The van der Waals surface area contributed by atoms with Crippen molar-refractivity contribution in [2.24, 2.45) is 0 Å². The first-order chi connectivity index (χ1) is 11.0. The van der Waals surface area contributed by atoms with E-state index < -0.39 is 17.7 Å². The van der Waals surface area contributed by atoms with E-state index in [9.17, 15) is 19.5 Å². The van der Waals surface area contributed by atoms with Crippen LogP contribution in [0.25, 0.3) is 6.08 Å². The van der Waals surface area contributed by atoms with E-state index in [1.807, 2.05) is 0 Å². The highest BCUT2D eigenvalue weighted by Crippen LogP contribution is 2.12. The molecule has 0 bridgehead atoms. The molecule has 0 unspecified atom stereocenters. The van der Waals surface area contributed by atoms with E-state index in [-0.39, 0.29) is 24.4 Å². The lowest BCUT2D eigenvalue weighted by atomic mass is 10.1. The van der Waals surface area contributed by atoms with Gasteiger partial charge in [-0.05, 0) is 23.8 Å². The van der Waals surface area contributed by atoms with Crippen LogP contribution in [-0.4, -0.2) is 40.8 Å². The molecule has 0 aromatic heterocycles. The van der Waals surface area contributed by atoms with E-state index in [0.29, 0.717) is 5.56 Å². The van der Waals surface area contributed by atoms with Crippen LogP contribution >= 0.6 is 0 Å². The van der Waals surface area contributed by atoms with Crippen LogP contribution in [0.5, 0.6) is 5.75 Å². The number of carbonyl (C=O) groups is 3. The zero-order valence-corrected chi connectivity index (χ0v) is 12.0. The zero-order valence-electron chi connectivity index (χ0n) is 12.0. The van der Waals surface area contributed by atoms with E-state index >= 15 is 0 Å². The van der Waals surface area contributed by atoms with Gasteiger partial charge in [-0.2, -0.15) is 5.26 Å². The van der Waals surface area contributed by atoms with Gasteiger partial charge in [0.05, 0.1) is 0 Å². The molecule has 0 fully saturated rings. The Morgan fingerprint density at radius 2 is 1.83 bits per heavy atom. The Morgan fingerprint density at radius 3 is 2.39 bits per heavy atom. The highest BCUT2D eigenvalue weighted by molar-refractivity contribution is 6.12. The molecule has 3 amide bonds. The number of phenols is 1. The van der Waals surface area contributed by atoms with Crippen LogP contribution in [0.1, 0.15) is 5.56 Å². The molecule has 0 saturated heterocycles. The summed E-state index contributed by atoms with van der Waals surface area (Å²) < 4.78 is 0. The second kappa shape index (κ2) is 7.04. The topological polar surface area (TPSA) is 110 Å². The molecule has 2 rings (SSSR count). The molecule has 23 heavy (non-hydrogen) atoms. The highest BCUT2D eigenvalue weighted by atomic mass is 16.3. The molecule has 7 nitrogen and oxygen atoms in total. The Labute approximate surface area is 132 Å². The molecule has 1 heterocycles. The average Bonchev–Trinajstić information content (AvgIpc) is 2.86. The third kappa shape index (κ3) is 4.04. The van der Waals surface area contributed by atoms with Crippen molar-refractivity contribution >= 4 is 23.8 Å². The maximum atomic E-state index is 11.9. The number of nitrogens with zero attached hydrogens (tertiary/aromatic N) is 2. The molecule has 116 valence electrons. The SMILES string of the molecule is N#C/C(=C\c1ccc(O)cc1)C(=O)NCCN1C(=O)C=CC1=O. The molecule has 1 aromatic carbocycles. The number of aromatic hydroxyl groups is 1. The molecule has 7 heteroatoms. The number of carbonyl (C=O) groups excluding carboxylic acids is 3. The number of rotatable bonds is 5. The molecule has 0 aliphatic carbocycles. The normalized spacial score (nSPS) is 14.0. The fourth-order valence-corrected chi connectivity index (χ4v) is 1.91. The van der Waals surface area contributed by atoms with Crippen LogP contribution in [-0.2, 0) is 14.4 Å². The largest absolute Gasteiger partial charge is 0.508 e. The minimum absolute atomic E-state index is 0.0360. The van der Waals surface area contributed by atoms with Gasteiger partial charge in [0.15, 0.2) is 0 Å². The van der Waals surface area contributed by atoms with Gasteiger partial charge in [0.25, 0.3) is 17.7 Å². The molecule has 0 radical (unpaired) electrons. The predicted molar refractivity (Wildman–Crippen MR) is 80.6 cm³/mol. The lowest BCUT2D eigenvalue weighted by molar-refractivity contribution is -0.137. The monoisotopic (exact) mass is 311 g/mol. The summed E-state index contributed by atoms with van der Waals surface area (Å²) in [5.41, 5.74) is 0.469. The predicted octanol–water partition coefficient (Wildman–Crippen LogP) is 0.340. The minimum Gasteiger partial charge on any atom is -0.508 e. The fourth-order valence-electron chi connectivity index (χ4n) is 1.91. The summed E-state index contributed by atoms with van der Waals surface area (Å²) in [6.07, 6.45) is 3.70. The van der Waals surface area contributed by atoms with Gasteiger partial charge >= 0.3 is 0 Å². The molecule has 1 aromatic rings. The Balaban J connectivity index is 1.93. The molecule has 1 aliphatic rings. The summed E-state index contributed by atoms with van der Waals surface area (Å²) in [5.74, 6) is -1.37. The van der Waals surface area contributed by atoms with Gasteiger partial charge in [-0.3, -0.25) is 19.3 Å². The molecule has 0 spiro atoms. The first-order valence-electron chi connectivity index (χ1n) is 6.74. The van der Waals surface area contributed by atoms with E-state index in [0.717, 1.165) is 17.1 Å². The smallest absolute Gasteiger partial charge is 0.262 e. The van der Waals surface area contributed by atoms with Crippen molar-refractivity contribution < 1.29 is 19.5 Å². The van der Waals surface area contributed by atoms with E-state index in [1.54, 1.807) is 18.2 Å². The van der Waals surface area contributed by atoms with Crippen molar-refractivity contribution in [3.8, 4) is 11.8 Å². The summed E-state index contributed by atoms with van der Waals surface area (Å²) in [4.78, 5) is 35.6. The number of amides is 3. The summed E-state index contributed by atoms with van der Waals surface area (Å²) >= 11 is 0. The third-order valence-electron chi connectivity index (χ3n) is 3.09. The fraction of sp³-hybridized carbons (Fsp3) is 0.125. The summed E-state index contributed by atoms with van der Waals surface area (Å²) in [6.45, 7) is 0.0842. The van der Waals surface area contributed by atoms with Crippen molar-refractivity contribution in [3.63, 3.8) is 0 Å². The van der Waals surface area contributed by atoms with Crippen molar-refractivity contribution in [1.82, 2.24) is 10.2 Å². The zero-order chi connectivity index (χ0) is 16.8. The average molecular weight is 311 g/mol. The second-order valence-electron chi connectivity index (χ2n) is 4.68. The van der Waals surface area contributed by atoms with Gasteiger partial charge < -0.3 is 10.4 Å². The summed E-state index contributed by atoms with van der Waals surface area (Å²) in [5, 5.41) is 20.7. The van der Waals surface area contributed by atoms with Gasteiger partial charge in [0, 0.05) is 25.2 Å². The molecule has 0 atom stereocenters. The van der Waals surface area contributed by atoms with Gasteiger partial charge in [-0.25, -0.2) is 0 Å². The number of hydrogen-bond donors (Lipinski definition) is 2. The molecule has 2 N–H and O–H groups in total. The van der Waals surface area contributed by atoms with Crippen LogP contribution in [0.3, 0.4) is 0 Å². The van der Waals surface area contributed by atoms with Crippen molar-refractivity contribution in [2.45, 2.75) is 0 Å². The van der Waals surface area contributed by atoms with Gasteiger partial charge in [0.1, 0.15) is 17.4 Å². The second-order valence-corrected chi connectivity index (χ2v) is 4.68. The highest BCUT2D eigenvalue weighted by Gasteiger charge is 2.22. The Morgan fingerprint density at radius 1 is 1.22 bits per heavy atom. The summed E-state index contributed by atoms with van der Waals surface area (Å²) in [6, 6.07) is 7.79. The van der Waals surface area contributed by atoms with Gasteiger partial charge in [-0.1, -0.05) is 12.1 Å². The Bertz CT molecular complexity index is 724. The third-order valence-corrected chi connectivity index (χ3v) is 3.09. The van der Waals surface area contributed by atoms with E-state index in [4.69, 9.17) is 5.26 Å². The number of phenolic OH excluding ortho intramolecular Hbond substituents is 1. The number of hydrogen-bond acceptors (Lipinski definition) is 5. The first-order valence-corrected chi connectivity index (χ1v) is 6.74. The van der Waals surface area contributed by atoms with Crippen LogP contribution in [0, 0.1) is 11.3 Å². The Kier molecular flexibility index (Phi) is 4.89. The lowest BCUT2D eigenvalue weighted by Crippen LogP contribution is -2.38. The molecule has 1 aliphatic heterocycles. The van der Waals surface area contributed by atoms with E-state index in [2.05, 4.69) is 5.32 Å². The number of imide groups is 1. The van der Waals surface area contributed by atoms with Crippen molar-refractivity contribution in [3.05, 3.63) is 47.6 Å². The number of benzene rings is 1. The first kappa shape index (κ1) is 16.0. The van der Waals surface area contributed by atoms with Crippen LogP contribution in [0.2, 0.25) is 0 Å². The standard InChI is InChI=1S/C16H13N3O4/c17-10-12(9-11-1-3-13(20)4-2-11)16(23)18-7-8-19-14(21)5-6-15(19)22/h1-6,9,20H,7-8H2,(H,18,23)/b12-9+. The number of nitrogens with one attached hydrogen (secondary N) is 1. The lowest BCUT2D eigenvalue weighted by Gasteiger charge is -2.13. The maximum Gasteiger partial charge on any atom is 0.262 e. The van der Waals surface area contributed by atoms with Gasteiger partial charge in [0.2, 0.25) is 0 Å². The number of nitriles is 1.